The predicted octanol–water partition coefficient (Wildman–Crippen LogP) is 2.15. The monoisotopic (exact) mass is 251 g/mol. The third kappa shape index (κ3) is 4.08. The first-order chi connectivity index (χ1) is 8.40. The molecule has 0 aromatic heterocycles. The number of carboxylic acid groups (broad SMARTS) is 2. The van der Waals surface area contributed by atoms with Crippen LogP contribution in [-0.4, -0.2) is 28.2 Å². The van der Waals surface area contributed by atoms with Crippen LogP contribution in [0.4, 0.5) is 5.69 Å². The molecule has 5 heteroatoms. The molecular formula is C13H17NO4. The molecule has 1 atom stereocenters. The molecule has 0 saturated carbocycles. The van der Waals surface area contributed by atoms with Crippen LogP contribution in [-0.2, 0) is 9.59 Å². The van der Waals surface area contributed by atoms with Gasteiger partial charge in [0.1, 0.15) is 6.04 Å². The van der Waals surface area contributed by atoms with Gasteiger partial charge in [-0.1, -0.05) is 26.0 Å². The normalized spacial score (nSPS) is 12.2. The number of hydrogen-bond acceptors (Lipinski definition) is 3. The summed E-state index contributed by atoms with van der Waals surface area (Å²) in [7, 11) is 0. The standard InChI is InChI=1S/C13H17NO4/c1-8(2)9-3-5-10(6-4-9)14-11(13(17)18)7-12(15)16/h3-6,8,11,14H,7H2,1-2H3,(H,15,16)(H,17,18). The zero-order valence-corrected chi connectivity index (χ0v) is 10.4. The minimum atomic E-state index is -1.18. The fourth-order valence-electron chi connectivity index (χ4n) is 1.54. The smallest absolute Gasteiger partial charge is 0.326 e. The summed E-state index contributed by atoms with van der Waals surface area (Å²) in [6.45, 7) is 4.12. The van der Waals surface area contributed by atoms with E-state index in [9.17, 15) is 9.59 Å². The molecule has 0 heterocycles. The molecule has 0 aliphatic carbocycles. The number of benzene rings is 1. The third-order valence-corrected chi connectivity index (χ3v) is 2.60. The van der Waals surface area contributed by atoms with Crippen molar-refractivity contribution in [3.63, 3.8) is 0 Å². The molecule has 18 heavy (non-hydrogen) atoms. The number of rotatable bonds is 6. The Morgan fingerprint density at radius 3 is 2.11 bits per heavy atom. The third-order valence-electron chi connectivity index (χ3n) is 2.60. The molecule has 0 bridgehead atoms. The lowest BCUT2D eigenvalue weighted by Crippen LogP contribution is -2.31. The summed E-state index contributed by atoms with van der Waals surface area (Å²) in [5.74, 6) is -1.92. The second-order valence-corrected chi connectivity index (χ2v) is 4.41. The van der Waals surface area contributed by atoms with Gasteiger partial charge in [0.05, 0.1) is 6.42 Å². The molecule has 1 aromatic carbocycles. The van der Waals surface area contributed by atoms with Gasteiger partial charge in [0.2, 0.25) is 0 Å². The average molecular weight is 251 g/mol. The summed E-state index contributed by atoms with van der Waals surface area (Å²) in [4.78, 5) is 21.4. The number of aliphatic carboxylic acids is 2. The molecule has 0 fully saturated rings. The Labute approximate surface area is 105 Å². The molecule has 3 N–H and O–H groups in total. The van der Waals surface area contributed by atoms with E-state index in [1.54, 1.807) is 12.1 Å². The molecule has 1 unspecified atom stereocenters. The van der Waals surface area contributed by atoms with Crippen LogP contribution >= 0.6 is 0 Å². The molecule has 98 valence electrons. The molecule has 1 rings (SSSR count). The Hall–Kier alpha value is -2.04. The van der Waals surface area contributed by atoms with Gasteiger partial charge < -0.3 is 15.5 Å². The number of anilines is 1. The molecule has 1 aromatic rings. The lowest BCUT2D eigenvalue weighted by molar-refractivity contribution is -0.144. The Morgan fingerprint density at radius 1 is 1.17 bits per heavy atom. The molecule has 0 spiro atoms. The Kier molecular flexibility index (Phi) is 4.71. The van der Waals surface area contributed by atoms with Gasteiger partial charge in [-0.15, -0.1) is 0 Å². The van der Waals surface area contributed by atoms with E-state index < -0.39 is 24.4 Å². The van der Waals surface area contributed by atoms with Gasteiger partial charge in [0, 0.05) is 5.69 Å². The second kappa shape index (κ2) is 6.05. The maximum absolute atomic E-state index is 10.9. The quantitative estimate of drug-likeness (QED) is 0.721. The molecule has 0 radical (unpaired) electrons. The van der Waals surface area contributed by atoms with Crippen molar-refractivity contribution in [2.45, 2.75) is 32.2 Å². The fraction of sp³-hybridized carbons (Fsp3) is 0.385. The van der Waals surface area contributed by atoms with Crippen LogP contribution in [0.25, 0.3) is 0 Å². The first kappa shape index (κ1) is 14.0. The SMILES string of the molecule is CC(C)c1ccc(NC(CC(=O)O)C(=O)O)cc1. The van der Waals surface area contributed by atoms with E-state index >= 15 is 0 Å². The van der Waals surface area contributed by atoms with Crippen LogP contribution in [0.3, 0.4) is 0 Å². The summed E-state index contributed by atoms with van der Waals surface area (Å²) in [6.07, 6.45) is -0.457. The van der Waals surface area contributed by atoms with Gasteiger partial charge in [-0.2, -0.15) is 0 Å². The average Bonchev–Trinajstić information content (AvgIpc) is 2.28. The van der Waals surface area contributed by atoms with Crippen molar-refractivity contribution in [1.29, 1.82) is 0 Å². The van der Waals surface area contributed by atoms with Gasteiger partial charge in [0.25, 0.3) is 0 Å². The molecule has 0 saturated heterocycles. The van der Waals surface area contributed by atoms with E-state index in [1.165, 1.54) is 0 Å². The van der Waals surface area contributed by atoms with Crippen LogP contribution in [0, 0.1) is 0 Å². The molecule has 5 nitrogen and oxygen atoms in total. The maximum atomic E-state index is 10.9. The van der Waals surface area contributed by atoms with E-state index in [4.69, 9.17) is 10.2 Å². The van der Waals surface area contributed by atoms with Crippen LogP contribution < -0.4 is 5.32 Å². The molecule has 0 aliphatic rings. The Bertz CT molecular complexity index is 425. The Morgan fingerprint density at radius 2 is 1.72 bits per heavy atom. The topological polar surface area (TPSA) is 86.6 Å². The van der Waals surface area contributed by atoms with Crippen LogP contribution in [0.5, 0.6) is 0 Å². The Balaban J connectivity index is 2.75. The van der Waals surface area contributed by atoms with Gasteiger partial charge in [-0.3, -0.25) is 4.79 Å². The minimum Gasteiger partial charge on any atom is -0.481 e. The van der Waals surface area contributed by atoms with Crippen LogP contribution in [0.15, 0.2) is 24.3 Å². The van der Waals surface area contributed by atoms with Crippen molar-refractivity contribution < 1.29 is 19.8 Å². The minimum absolute atomic E-state index is 0.397. The first-order valence-electron chi connectivity index (χ1n) is 5.71. The second-order valence-electron chi connectivity index (χ2n) is 4.41. The molecule has 0 amide bonds. The predicted molar refractivity (Wildman–Crippen MR) is 67.8 cm³/mol. The summed E-state index contributed by atoms with van der Waals surface area (Å²) in [5, 5.41) is 20.2. The van der Waals surface area contributed by atoms with Gasteiger partial charge in [-0.25, -0.2) is 4.79 Å². The number of hydrogen-bond donors (Lipinski definition) is 3. The summed E-state index contributed by atoms with van der Waals surface area (Å²) < 4.78 is 0. The van der Waals surface area contributed by atoms with Crippen molar-refractivity contribution in [3.05, 3.63) is 29.8 Å². The highest BCUT2D eigenvalue weighted by Crippen LogP contribution is 2.18. The van der Waals surface area contributed by atoms with Crippen LogP contribution in [0.2, 0.25) is 0 Å². The van der Waals surface area contributed by atoms with Gasteiger partial charge in [-0.05, 0) is 23.6 Å². The number of nitrogens with one attached hydrogen (secondary N) is 1. The van der Waals surface area contributed by atoms with Gasteiger partial charge in [0.15, 0.2) is 0 Å². The lowest BCUT2D eigenvalue weighted by atomic mass is 10.0. The van der Waals surface area contributed by atoms with Crippen molar-refractivity contribution in [1.82, 2.24) is 0 Å². The lowest BCUT2D eigenvalue weighted by Gasteiger charge is -2.14. The zero-order valence-electron chi connectivity index (χ0n) is 10.4. The largest absolute Gasteiger partial charge is 0.481 e. The van der Waals surface area contributed by atoms with Crippen molar-refractivity contribution in [2.75, 3.05) is 5.32 Å². The first-order valence-corrected chi connectivity index (χ1v) is 5.71. The summed E-state index contributed by atoms with van der Waals surface area (Å²) >= 11 is 0. The van der Waals surface area contributed by atoms with Crippen molar-refractivity contribution in [3.8, 4) is 0 Å². The van der Waals surface area contributed by atoms with E-state index in [-0.39, 0.29) is 0 Å². The van der Waals surface area contributed by atoms with Crippen molar-refractivity contribution >= 4 is 17.6 Å². The molecule has 0 aliphatic heterocycles. The van der Waals surface area contributed by atoms with E-state index in [0.717, 1.165) is 5.56 Å². The number of carboxylic acids is 2. The fourth-order valence-corrected chi connectivity index (χ4v) is 1.54. The van der Waals surface area contributed by atoms with E-state index in [1.807, 2.05) is 12.1 Å². The highest BCUT2D eigenvalue weighted by Gasteiger charge is 2.20. The highest BCUT2D eigenvalue weighted by molar-refractivity contribution is 5.83. The zero-order chi connectivity index (χ0) is 13.7. The molecular weight excluding hydrogens is 234 g/mol. The van der Waals surface area contributed by atoms with Crippen LogP contribution in [0.1, 0.15) is 31.7 Å². The maximum Gasteiger partial charge on any atom is 0.326 e. The number of carbonyl (C=O) groups is 2. The van der Waals surface area contributed by atoms with E-state index in [0.29, 0.717) is 11.6 Å². The highest BCUT2D eigenvalue weighted by atomic mass is 16.4. The summed E-state index contributed by atoms with van der Waals surface area (Å²) in [5.41, 5.74) is 1.75. The van der Waals surface area contributed by atoms with Crippen molar-refractivity contribution in [2.24, 2.45) is 0 Å². The van der Waals surface area contributed by atoms with Gasteiger partial charge >= 0.3 is 11.9 Å². The summed E-state index contributed by atoms with van der Waals surface area (Å²) in [6, 6.07) is 6.19. The van der Waals surface area contributed by atoms with E-state index in [2.05, 4.69) is 19.2 Å².